The minimum atomic E-state index is 0.392. The molecule has 0 spiro atoms. The fourth-order valence-corrected chi connectivity index (χ4v) is 3.64. The molecule has 1 heterocycles. The van der Waals surface area contributed by atoms with Gasteiger partial charge in [0.1, 0.15) is 17.2 Å². The van der Waals surface area contributed by atoms with Crippen LogP contribution in [0.5, 0.6) is 17.2 Å². The molecule has 0 fully saturated rings. The maximum atomic E-state index is 5.52. The molecule has 6 nitrogen and oxygen atoms in total. The molecule has 7 heteroatoms. The number of aliphatic imine (C=N–C) groups is 1. The summed E-state index contributed by atoms with van der Waals surface area (Å²) < 4.78 is 16.4. The molecule has 2 aromatic rings. The first-order chi connectivity index (χ1) is 13.6. The third-order valence-corrected chi connectivity index (χ3v) is 5.17. The molecule has 0 aliphatic carbocycles. The normalized spacial score (nSPS) is 12.4. The minimum Gasteiger partial charge on any atom is -0.496 e. The Balaban J connectivity index is 2.01. The van der Waals surface area contributed by atoms with Gasteiger partial charge in [-0.3, -0.25) is 4.99 Å². The quantitative estimate of drug-likeness (QED) is 0.466. The van der Waals surface area contributed by atoms with Gasteiger partial charge in [0, 0.05) is 43.2 Å². The zero-order chi connectivity index (χ0) is 20.4. The average Bonchev–Trinajstić information content (AvgIpc) is 3.26. The standard InChI is InChI=1S/C21H31N3O3S/c1-6-22-21(24-13-15(2)16-8-10-28-14-16)23-9-7-18-19(26-4)11-17(25-3)12-20(18)27-5/h8,10-12,14-15H,6-7,9,13H2,1-5H3,(H2,22,23,24). The summed E-state index contributed by atoms with van der Waals surface area (Å²) in [5.41, 5.74) is 2.33. The van der Waals surface area contributed by atoms with Crippen LogP contribution >= 0.6 is 11.3 Å². The molecule has 1 aromatic heterocycles. The highest BCUT2D eigenvalue weighted by atomic mass is 32.1. The van der Waals surface area contributed by atoms with Crippen LogP contribution in [-0.2, 0) is 6.42 Å². The van der Waals surface area contributed by atoms with Gasteiger partial charge in [-0.15, -0.1) is 0 Å². The predicted molar refractivity (Wildman–Crippen MR) is 117 cm³/mol. The van der Waals surface area contributed by atoms with Crippen molar-refractivity contribution in [3.8, 4) is 17.2 Å². The zero-order valence-corrected chi connectivity index (χ0v) is 18.2. The average molecular weight is 406 g/mol. The van der Waals surface area contributed by atoms with Crippen LogP contribution in [-0.4, -0.2) is 46.9 Å². The van der Waals surface area contributed by atoms with E-state index in [2.05, 4.69) is 41.3 Å². The van der Waals surface area contributed by atoms with Crippen LogP contribution in [0.25, 0.3) is 0 Å². The summed E-state index contributed by atoms with van der Waals surface area (Å²) in [5.74, 6) is 3.43. The van der Waals surface area contributed by atoms with E-state index in [-0.39, 0.29) is 0 Å². The Morgan fingerprint density at radius 1 is 1.11 bits per heavy atom. The van der Waals surface area contributed by atoms with E-state index in [1.807, 2.05) is 12.1 Å². The summed E-state index contributed by atoms with van der Waals surface area (Å²) in [5, 5.41) is 11.0. The summed E-state index contributed by atoms with van der Waals surface area (Å²) in [6, 6.07) is 5.91. The van der Waals surface area contributed by atoms with Crippen molar-refractivity contribution >= 4 is 17.3 Å². The van der Waals surface area contributed by atoms with Gasteiger partial charge in [-0.2, -0.15) is 11.3 Å². The fraction of sp³-hybridized carbons (Fsp3) is 0.476. The molecule has 28 heavy (non-hydrogen) atoms. The molecule has 1 unspecified atom stereocenters. The van der Waals surface area contributed by atoms with Gasteiger partial charge in [-0.1, -0.05) is 6.92 Å². The van der Waals surface area contributed by atoms with Crippen molar-refractivity contribution in [1.82, 2.24) is 10.6 Å². The van der Waals surface area contributed by atoms with Gasteiger partial charge in [0.05, 0.1) is 21.3 Å². The molecule has 1 aromatic carbocycles. The smallest absolute Gasteiger partial charge is 0.191 e. The number of ether oxygens (including phenoxy) is 3. The number of nitrogens with zero attached hydrogens (tertiary/aromatic N) is 1. The number of rotatable bonds is 10. The number of methoxy groups -OCH3 is 3. The van der Waals surface area contributed by atoms with E-state index in [9.17, 15) is 0 Å². The van der Waals surface area contributed by atoms with E-state index >= 15 is 0 Å². The molecule has 0 aliphatic rings. The third-order valence-electron chi connectivity index (χ3n) is 4.46. The van der Waals surface area contributed by atoms with Crippen LogP contribution in [0, 0.1) is 0 Å². The third kappa shape index (κ3) is 6.05. The highest BCUT2D eigenvalue weighted by Crippen LogP contribution is 2.34. The Labute approximate surface area is 171 Å². The molecule has 0 aliphatic heterocycles. The summed E-state index contributed by atoms with van der Waals surface area (Å²) in [6.45, 7) is 6.52. The zero-order valence-electron chi connectivity index (χ0n) is 17.4. The molecule has 2 rings (SSSR count). The second-order valence-electron chi connectivity index (χ2n) is 6.36. The molecular weight excluding hydrogens is 374 g/mol. The maximum absolute atomic E-state index is 5.52. The van der Waals surface area contributed by atoms with Crippen LogP contribution in [0.4, 0.5) is 0 Å². The number of benzene rings is 1. The summed E-state index contributed by atoms with van der Waals surface area (Å²) in [6.07, 6.45) is 0.737. The highest BCUT2D eigenvalue weighted by Gasteiger charge is 2.13. The van der Waals surface area contributed by atoms with Gasteiger partial charge >= 0.3 is 0 Å². The van der Waals surface area contributed by atoms with Crippen LogP contribution in [0.3, 0.4) is 0 Å². The Bertz CT molecular complexity index is 722. The van der Waals surface area contributed by atoms with Crippen molar-refractivity contribution in [3.63, 3.8) is 0 Å². The highest BCUT2D eigenvalue weighted by molar-refractivity contribution is 7.07. The molecular formula is C21H31N3O3S. The van der Waals surface area contributed by atoms with Crippen molar-refractivity contribution in [3.05, 3.63) is 40.1 Å². The van der Waals surface area contributed by atoms with E-state index < -0.39 is 0 Å². The van der Waals surface area contributed by atoms with Crippen LogP contribution in [0.1, 0.15) is 30.9 Å². The van der Waals surface area contributed by atoms with E-state index in [1.165, 1.54) is 5.56 Å². The van der Waals surface area contributed by atoms with Gasteiger partial charge in [-0.05, 0) is 35.7 Å². The van der Waals surface area contributed by atoms with Gasteiger partial charge in [0.2, 0.25) is 0 Å². The molecule has 154 valence electrons. The Kier molecular flexibility index (Phi) is 8.94. The number of hydrogen-bond donors (Lipinski definition) is 2. The van der Waals surface area contributed by atoms with Crippen molar-refractivity contribution < 1.29 is 14.2 Å². The van der Waals surface area contributed by atoms with Crippen molar-refractivity contribution in [2.24, 2.45) is 4.99 Å². The Hall–Kier alpha value is -2.41. The molecule has 0 amide bonds. The van der Waals surface area contributed by atoms with E-state index in [0.29, 0.717) is 18.2 Å². The van der Waals surface area contributed by atoms with Gasteiger partial charge in [-0.25, -0.2) is 0 Å². The van der Waals surface area contributed by atoms with Crippen molar-refractivity contribution in [2.75, 3.05) is 41.0 Å². The molecule has 0 bridgehead atoms. The minimum absolute atomic E-state index is 0.392. The fourth-order valence-electron chi connectivity index (χ4n) is 2.86. The SMILES string of the molecule is CCNC(=NCC(C)c1ccsc1)NCCc1c(OC)cc(OC)cc1OC. The lowest BCUT2D eigenvalue weighted by molar-refractivity contribution is 0.368. The van der Waals surface area contributed by atoms with Crippen molar-refractivity contribution in [2.45, 2.75) is 26.2 Å². The van der Waals surface area contributed by atoms with Crippen LogP contribution in [0.2, 0.25) is 0 Å². The Morgan fingerprint density at radius 2 is 1.82 bits per heavy atom. The Morgan fingerprint density at radius 3 is 2.36 bits per heavy atom. The number of guanidine groups is 1. The number of nitrogens with one attached hydrogen (secondary N) is 2. The lowest BCUT2D eigenvalue weighted by Gasteiger charge is -2.17. The second-order valence-corrected chi connectivity index (χ2v) is 7.14. The van der Waals surface area contributed by atoms with Crippen LogP contribution < -0.4 is 24.8 Å². The summed E-state index contributed by atoms with van der Waals surface area (Å²) in [7, 11) is 4.94. The monoisotopic (exact) mass is 405 g/mol. The van der Waals surface area contributed by atoms with E-state index in [0.717, 1.165) is 42.5 Å². The first-order valence-electron chi connectivity index (χ1n) is 9.46. The molecule has 1 atom stereocenters. The predicted octanol–water partition coefficient (Wildman–Crippen LogP) is 3.68. The first kappa shape index (κ1) is 21.9. The van der Waals surface area contributed by atoms with Crippen molar-refractivity contribution in [1.29, 1.82) is 0 Å². The van der Waals surface area contributed by atoms with E-state index in [4.69, 9.17) is 19.2 Å². The topological polar surface area (TPSA) is 64.1 Å². The van der Waals surface area contributed by atoms with Gasteiger partial charge < -0.3 is 24.8 Å². The molecule has 0 radical (unpaired) electrons. The summed E-state index contributed by atoms with van der Waals surface area (Å²) in [4.78, 5) is 4.73. The van der Waals surface area contributed by atoms with Crippen LogP contribution in [0.15, 0.2) is 34.0 Å². The molecule has 0 saturated carbocycles. The molecule has 2 N–H and O–H groups in total. The van der Waals surface area contributed by atoms with Gasteiger partial charge in [0.25, 0.3) is 0 Å². The lowest BCUT2D eigenvalue weighted by Crippen LogP contribution is -2.38. The molecule has 0 saturated heterocycles. The lowest BCUT2D eigenvalue weighted by atomic mass is 10.1. The maximum Gasteiger partial charge on any atom is 0.191 e. The summed E-state index contributed by atoms with van der Waals surface area (Å²) >= 11 is 1.72. The first-order valence-corrected chi connectivity index (χ1v) is 10.4. The largest absolute Gasteiger partial charge is 0.496 e. The van der Waals surface area contributed by atoms with Gasteiger partial charge in [0.15, 0.2) is 5.96 Å². The second kappa shape index (κ2) is 11.4. The number of thiophene rings is 1. The number of hydrogen-bond acceptors (Lipinski definition) is 5. The van der Waals surface area contributed by atoms with E-state index in [1.54, 1.807) is 32.7 Å².